The monoisotopic (exact) mass is 404 g/mol. The summed E-state index contributed by atoms with van der Waals surface area (Å²) in [5.41, 5.74) is -0.0378. The minimum atomic E-state index is -4.13. The van der Waals surface area contributed by atoms with E-state index in [9.17, 15) is 22.8 Å². The number of hydrogen-bond acceptors (Lipinski definition) is 7. The molecule has 4 heterocycles. The van der Waals surface area contributed by atoms with E-state index in [2.05, 4.69) is 4.98 Å². The van der Waals surface area contributed by atoms with Crippen molar-refractivity contribution in [2.45, 2.75) is 5.03 Å². The fourth-order valence-corrected chi connectivity index (χ4v) is 4.63. The van der Waals surface area contributed by atoms with Gasteiger partial charge in [0.1, 0.15) is 6.54 Å². The molecule has 2 aromatic heterocycles. The van der Waals surface area contributed by atoms with Crippen LogP contribution < -0.4 is 0 Å². The fraction of sp³-hybridized carbons (Fsp3) is 0.294. The van der Waals surface area contributed by atoms with Crippen LogP contribution in [0.25, 0.3) is 0 Å². The summed E-state index contributed by atoms with van der Waals surface area (Å²) in [6, 6.07) is 6.02. The van der Waals surface area contributed by atoms with Crippen LogP contribution in [0.3, 0.4) is 0 Å². The van der Waals surface area contributed by atoms with Crippen molar-refractivity contribution in [3.05, 3.63) is 48.0 Å². The Morgan fingerprint density at radius 2 is 1.79 bits per heavy atom. The molecule has 2 aromatic rings. The molecule has 3 amide bonds. The van der Waals surface area contributed by atoms with Gasteiger partial charge >= 0.3 is 0 Å². The summed E-state index contributed by atoms with van der Waals surface area (Å²) in [7, 11) is -4.13. The number of fused-ring (bicyclic) bond motifs is 1. The van der Waals surface area contributed by atoms with Gasteiger partial charge in [0.25, 0.3) is 21.8 Å². The molecule has 28 heavy (non-hydrogen) atoms. The molecule has 2 aliphatic rings. The number of aromatic nitrogens is 1. The van der Waals surface area contributed by atoms with Crippen molar-refractivity contribution in [3.63, 3.8) is 0 Å². The lowest BCUT2D eigenvalue weighted by atomic mass is 10.2. The van der Waals surface area contributed by atoms with Gasteiger partial charge in [-0.2, -0.15) is 8.42 Å². The second-order valence-corrected chi connectivity index (χ2v) is 8.10. The first kappa shape index (κ1) is 18.2. The van der Waals surface area contributed by atoms with E-state index in [4.69, 9.17) is 4.42 Å². The Morgan fingerprint density at radius 3 is 2.43 bits per heavy atom. The summed E-state index contributed by atoms with van der Waals surface area (Å²) >= 11 is 0. The van der Waals surface area contributed by atoms with E-state index in [-0.39, 0.29) is 48.4 Å². The number of rotatable bonds is 3. The number of carbonyl (C=O) groups excluding carboxylic acids is 3. The molecular weight excluding hydrogens is 388 g/mol. The highest BCUT2D eigenvalue weighted by molar-refractivity contribution is 7.90. The molecule has 10 nitrogen and oxygen atoms in total. The van der Waals surface area contributed by atoms with Gasteiger partial charge < -0.3 is 14.2 Å². The molecule has 146 valence electrons. The summed E-state index contributed by atoms with van der Waals surface area (Å²) in [4.78, 5) is 44.0. The van der Waals surface area contributed by atoms with Crippen molar-refractivity contribution < 1.29 is 27.2 Å². The number of piperazine rings is 1. The number of carbonyl (C=O) groups is 3. The first-order valence-electron chi connectivity index (χ1n) is 8.52. The molecule has 4 rings (SSSR count). The van der Waals surface area contributed by atoms with Crippen LogP contribution in [-0.4, -0.2) is 78.0 Å². The number of nitrogens with zero attached hydrogens (tertiary/aromatic N) is 4. The lowest BCUT2D eigenvalue weighted by Gasteiger charge is -2.34. The lowest BCUT2D eigenvalue weighted by molar-refractivity contribution is -0.132. The second-order valence-electron chi connectivity index (χ2n) is 6.32. The van der Waals surface area contributed by atoms with Gasteiger partial charge in [0.05, 0.1) is 11.8 Å². The zero-order chi connectivity index (χ0) is 19.9. The van der Waals surface area contributed by atoms with Crippen LogP contribution in [0.1, 0.15) is 20.9 Å². The van der Waals surface area contributed by atoms with Crippen LogP contribution in [-0.2, 0) is 14.8 Å². The molecular formula is C17H16N4O6S. The Bertz CT molecular complexity index is 1040. The molecule has 1 fully saturated rings. The molecule has 11 heteroatoms. The Kier molecular flexibility index (Phi) is 4.38. The molecule has 0 saturated carbocycles. The molecule has 0 aromatic carbocycles. The van der Waals surface area contributed by atoms with Crippen molar-refractivity contribution in [2.24, 2.45) is 0 Å². The summed E-state index contributed by atoms with van der Waals surface area (Å²) in [6.07, 6.45) is 2.69. The van der Waals surface area contributed by atoms with Gasteiger partial charge in [-0.15, -0.1) is 0 Å². The maximum atomic E-state index is 12.6. The van der Waals surface area contributed by atoms with Crippen LogP contribution in [0.5, 0.6) is 0 Å². The standard InChI is InChI=1S/C17H16N4O6S/c22-14(11-21-16(23)12-3-1-5-18-15(12)28(21,25)26)19-6-8-20(9-7-19)17(24)13-4-2-10-27-13/h1-5,10H,6-9,11H2. The zero-order valence-corrected chi connectivity index (χ0v) is 15.5. The van der Waals surface area contributed by atoms with Crippen molar-refractivity contribution in [1.82, 2.24) is 19.1 Å². The zero-order valence-electron chi connectivity index (χ0n) is 14.6. The van der Waals surface area contributed by atoms with Crippen LogP contribution in [0.2, 0.25) is 0 Å². The highest BCUT2D eigenvalue weighted by atomic mass is 32.2. The van der Waals surface area contributed by atoms with Crippen molar-refractivity contribution in [1.29, 1.82) is 0 Å². The fourth-order valence-electron chi connectivity index (χ4n) is 3.20. The van der Waals surface area contributed by atoms with Crippen LogP contribution >= 0.6 is 0 Å². The minimum Gasteiger partial charge on any atom is -0.459 e. The first-order chi connectivity index (χ1) is 13.4. The van der Waals surface area contributed by atoms with Crippen LogP contribution in [0.4, 0.5) is 0 Å². The Labute approximate surface area is 160 Å². The quantitative estimate of drug-likeness (QED) is 0.695. The summed E-state index contributed by atoms with van der Waals surface area (Å²) in [5, 5.41) is -0.332. The van der Waals surface area contributed by atoms with Crippen molar-refractivity contribution in [2.75, 3.05) is 32.7 Å². The number of pyridine rings is 1. The highest BCUT2D eigenvalue weighted by Gasteiger charge is 2.44. The van der Waals surface area contributed by atoms with Gasteiger partial charge in [-0.3, -0.25) is 14.4 Å². The number of sulfonamides is 1. The van der Waals surface area contributed by atoms with Gasteiger partial charge in [-0.25, -0.2) is 9.29 Å². The third-order valence-electron chi connectivity index (χ3n) is 4.69. The van der Waals surface area contributed by atoms with E-state index in [1.54, 1.807) is 17.0 Å². The van der Waals surface area contributed by atoms with E-state index in [1.165, 1.54) is 29.5 Å². The average Bonchev–Trinajstić information content (AvgIpc) is 3.30. The second kappa shape index (κ2) is 6.75. The predicted molar refractivity (Wildman–Crippen MR) is 93.7 cm³/mol. The molecule has 2 aliphatic heterocycles. The van der Waals surface area contributed by atoms with E-state index >= 15 is 0 Å². The van der Waals surface area contributed by atoms with Crippen LogP contribution in [0, 0.1) is 0 Å². The largest absolute Gasteiger partial charge is 0.459 e. The molecule has 0 N–H and O–H groups in total. The average molecular weight is 404 g/mol. The first-order valence-corrected chi connectivity index (χ1v) is 9.96. The lowest BCUT2D eigenvalue weighted by Crippen LogP contribution is -2.53. The van der Waals surface area contributed by atoms with Crippen molar-refractivity contribution >= 4 is 27.7 Å². The van der Waals surface area contributed by atoms with Crippen LogP contribution in [0.15, 0.2) is 46.2 Å². The summed E-state index contributed by atoms with van der Waals surface area (Å²) in [5.74, 6) is -1.31. The maximum absolute atomic E-state index is 12.6. The van der Waals surface area contributed by atoms with Gasteiger partial charge in [0.2, 0.25) is 5.91 Å². The Balaban J connectivity index is 1.41. The molecule has 1 saturated heterocycles. The Hall–Kier alpha value is -3.21. The number of amides is 3. The van der Waals surface area contributed by atoms with Gasteiger partial charge in [0.15, 0.2) is 10.8 Å². The van der Waals surface area contributed by atoms with E-state index < -0.39 is 28.4 Å². The maximum Gasteiger partial charge on any atom is 0.289 e. The molecule has 0 bridgehead atoms. The molecule has 0 radical (unpaired) electrons. The molecule has 0 aliphatic carbocycles. The smallest absolute Gasteiger partial charge is 0.289 e. The topological polar surface area (TPSA) is 121 Å². The van der Waals surface area contributed by atoms with E-state index in [0.717, 1.165) is 0 Å². The molecule has 0 unspecified atom stereocenters. The van der Waals surface area contributed by atoms with Gasteiger partial charge in [-0.1, -0.05) is 0 Å². The summed E-state index contributed by atoms with van der Waals surface area (Å²) in [6.45, 7) is 0.447. The van der Waals surface area contributed by atoms with Gasteiger partial charge in [-0.05, 0) is 24.3 Å². The summed E-state index contributed by atoms with van der Waals surface area (Å²) < 4.78 is 30.6. The van der Waals surface area contributed by atoms with E-state index in [1.807, 2.05) is 0 Å². The Morgan fingerprint density at radius 1 is 1.07 bits per heavy atom. The SMILES string of the molecule is O=C(CN1C(=O)c2cccnc2S1(=O)=O)N1CCN(C(=O)c2ccco2)CC1. The molecule has 0 spiro atoms. The van der Waals surface area contributed by atoms with Gasteiger partial charge in [0, 0.05) is 32.4 Å². The van der Waals surface area contributed by atoms with E-state index in [0.29, 0.717) is 4.31 Å². The number of hydrogen-bond donors (Lipinski definition) is 0. The third-order valence-corrected chi connectivity index (χ3v) is 6.38. The number of furan rings is 1. The molecule has 0 atom stereocenters. The highest BCUT2D eigenvalue weighted by Crippen LogP contribution is 2.27. The normalized spacial score (nSPS) is 18.3. The third kappa shape index (κ3) is 2.93. The minimum absolute atomic E-state index is 0.0378. The predicted octanol–water partition coefficient (Wildman–Crippen LogP) is -0.196. The van der Waals surface area contributed by atoms with Crippen molar-refractivity contribution in [3.8, 4) is 0 Å².